The second-order valence-electron chi connectivity index (χ2n) is 7.00. The molecule has 0 spiro atoms. The van der Waals surface area contributed by atoms with Gasteiger partial charge >= 0.3 is 6.03 Å². The number of amides is 3. The van der Waals surface area contributed by atoms with Crippen LogP contribution in [-0.2, 0) is 16.1 Å². The van der Waals surface area contributed by atoms with E-state index in [0.29, 0.717) is 19.7 Å². The third kappa shape index (κ3) is 4.09. The van der Waals surface area contributed by atoms with Crippen molar-refractivity contribution < 1.29 is 14.3 Å². The van der Waals surface area contributed by atoms with Gasteiger partial charge in [0, 0.05) is 46.0 Å². The van der Waals surface area contributed by atoms with Gasteiger partial charge in [-0.25, -0.2) is 4.79 Å². The summed E-state index contributed by atoms with van der Waals surface area (Å²) in [6, 6.07) is 7.93. The van der Waals surface area contributed by atoms with E-state index in [1.54, 1.807) is 12.0 Å². The minimum Gasteiger partial charge on any atom is -0.383 e. The van der Waals surface area contributed by atoms with Gasteiger partial charge in [0.2, 0.25) is 5.91 Å². The number of ether oxygens (including phenoxy) is 1. The summed E-state index contributed by atoms with van der Waals surface area (Å²) in [4.78, 5) is 28.4. The minimum absolute atomic E-state index is 0.00797. The number of hydrogen-bond acceptors (Lipinski definition) is 4. The summed E-state index contributed by atoms with van der Waals surface area (Å²) in [5.41, 5.74) is 2.08. The van der Waals surface area contributed by atoms with Crippen LogP contribution in [0.3, 0.4) is 0 Å². The Balaban J connectivity index is 1.51. The molecule has 2 aliphatic heterocycles. The Morgan fingerprint density at radius 2 is 2.08 bits per heavy atom. The van der Waals surface area contributed by atoms with Crippen molar-refractivity contribution in [2.24, 2.45) is 5.92 Å². The van der Waals surface area contributed by atoms with Crippen molar-refractivity contribution in [1.29, 1.82) is 0 Å². The van der Waals surface area contributed by atoms with Crippen LogP contribution in [0.15, 0.2) is 24.3 Å². The molecule has 1 aromatic rings. The number of piperidine rings is 1. The Labute approximate surface area is 154 Å². The van der Waals surface area contributed by atoms with Gasteiger partial charge in [0.05, 0.1) is 18.6 Å². The van der Waals surface area contributed by atoms with Crippen LogP contribution >= 0.6 is 0 Å². The molecule has 0 aromatic heterocycles. The molecule has 0 saturated carbocycles. The van der Waals surface area contributed by atoms with Crippen LogP contribution in [0.25, 0.3) is 0 Å². The van der Waals surface area contributed by atoms with Crippen LogP contribution in [-0.4, -0.2) is 68.2 Å². The maximum atomic E-state index is 12.6. The van der Waals surface area contributed by atoms with Gasteiger partial charge in [-0.15, -0.1) is 0 Å². The van der Waals surface area contributed by atoms with Crippen molar-refractivity contribution in [2.45, 2.75) is 25.4 Å². The van der Waals surface area contributed by atoms with Crippen molar-refractivity contribution in [3.63, 3.8) is 0 Å². The van der Waals surface area contributed by atoms with Crippen LogP contribution in [0.2, 0.25) is 0 Å². The summed E-state index contributed by atoms with van der Waals surface area (Å²) in [6.07, 6.45) is 1.77. The number of carbonyl (C=O) groups excluding carboxylic acids is 2. The van der Waals surface area contributed by atoms with Crippen LogP contribution in [0.4, 0.5) is 10.5 Å². The van der Waals surface area contributed by atoms with Crippen LogP contribution in [0.1, 0.15) is 18.4 Å². The maximum Gasteiger partial charge on any atom is 0.318 e. The van der Waals surface area contributed by atoms with E-state index in [1.807, 2.05) is 36.2 Å². The van der Waals surface area contributed by atoms with E-state index in [-0.39, 0.29) is 23.9 Å². The fourth-order valence-electron chi connectivity index (χ4n) is 3.79. The third-order valence-electron chi connectivity index (χ3n) is 5.23. The van der Waals surface area contributed by atoms with Gasteiger partial charge < -0.3 is 25.2 Å². The highest BCUT2D eigenvalue weighted by Crippen LogP contribution is 2.30. The molecule has 2 fully saturated rings. The normalized spacial score (nSPS) is 22.3. The zero-order valence-corrected chi connectivity index (χ0v) is 15.5. The van der Waals surface area contributed by atoms with Crippen LogP contribution in [0.5, 0.6) is 0 Å². The number of nitrogens with zero attached hydrogens (tertiary/aromatic N) is 2. The highest BCUT2D eigenvalue weighted by atomic mass is 16.5. The van der Waals surface area contributed by atoms with Gasteiger partial charge in [0.15, 0.2) is 0 Å². The zero-order valence-electron chi connectivity index (χ0n) is 15.5. The lowest BCUT2D eigenvalue weighted by Crippen LogP contribution is -2.52. The predicted octanol–water partition coefficient (Wildman–Crippen LogP) is 1.51. The van der Waals surface area contributed by atoms with Crippen molar-refractivity contribution in [3.05, 3.63) is 29.8 Å². The standard InChI is InChI=1S/C19H28N4O3/c1-22-13-17-16(18(22)24)4-3-10-23(17)19(25)21-12-14-5-7-15(8-6-14)20-9-11-26-2/h5-8,16-17,20H,3-4,9-13H2,1-2H3,(H,21,25)/t16-,17-/m1/s1. The molecule has 1 aromatic carbocycles. The van der Waals surface area contributed by atoms with Gasteiger partial charge in [0.1, 0.15) is 0 Å². The summed E-state index contributed by atoms with van der Waals surface area (Å²) in [5, 5.41) is 6.27. The molecule has 7 nitrogen and oxygen atoms in total. The van der Waals surface area contributed by atoms with Gasteiger partial charge in [-0.05, 0) is 30.5 Å². The van der Waals surface area contributed by atoms with Crippen LogP contribution < -0.4 is 10.6 Å². The average Bonchev–Trinajstić information content (AvgIpc) is 2.95. The van der Waals surface area contributed by atoms with E-state index in [0.717, 1.165) is 37.2 Å². The Kier molecular flexibility index (Phi) is 5.98. The van der Waals surface area contributed by atoms with Gasteiger partial charge in [0.25, 0.3) is 0 Å². The zero-order chi connectivity index (χ0) is 18.5. The molecule has 0 aliphatic carbocycles. The van der Waals surface area contributed by atoms with E-state index >= 15 is 0 Å². The molecule has 7 heteroatoms. The second-order valence-corrected chi connectivity index (χ2v) is 7.00. The first-order valence-corrected chi connectivity index (χ1v) is 9.21. The quantitative estimate of drug-likeness (QED) is 0.754. The highest BCUT2D eigenvalue weighted by Gasteiger charge is 2.45. The molecule has 0 radical (unpaired) electrons. The number of urea groups is 1. The molecule has 0 unspecified atom stereocenters. The molecule has 3 amide bonds. The summed E-state index contributed by atoms with van der Waals surface area (Å²) in [6.45, 7) is 3.26. The Morgan fingerprint density at radius 1 is 1.31 bits per heavy atom. The van der Waals surface area contributed by atoms with E-state index in [4.69, 9.17) is 4.74 Å². The third-order valence-corrected chi connectivity index (χ3v) is 5.23. The summed E-state index contributed by atoms with van der Waals surface area (Å²) >= 11 is 0. The second kappa shape index (κ2) is 8.40. The van der Waals surface area contributed by atoms with Gasteiger partial charge in [-0.1, -0.05) is 12.1 Å². The molecule has 142 valence electrons. The molecule has 0 bridgehead atoms. The topological polar surface area (TPSA) is 73.9 Å². The number of hydrogen-bond donors (Lipinski definition) is 2. The lowest BCUT2D eigenvalue weighted by atomic mass is 9.92. The highest BCUT2D eigenvalue weighted by molar-refractivity contribution is 5.84. The van der Waals surface area contributed by atoms with Crippen molar-refractivity contribution in [2.75, 3.05) is 45.7 Å². The monoisotopic (exact) mass is 360 g/mol. The summed E-state index contributed by atoms with van der Waals surface area (Å²) in [7, 11) is 3.50. The number of rotatable bonds is 6. The first-order chi connectivity index (χ1) is 12.6. The number of fused-ring (bicyclic) bond motifs is 1. The molecule has 3 rings (SSSR count). The van der Waals surface area contributed by atoms with E-state index in [1.165, 1.54) is 0 Å². The minimum atomic E-state index is -0.0786. The average molecular weight is 360 g/mol. The molecule has 2 N–H and O–H groups in total. The van der Waals surface area contributed by atoms with E-state index < -0.39 is 0 Å². The lowest BCUT2D eigenvalue weighted by Gasteiger charge is -2.35. The van der Waals surface area contributed by atoms with Gasteiger partial charge in [-0.3, -0.25) is 4.79 Å². The van der Waals surface area contributed by atoms with E-state index in [2.05, 4.69) is 10.6 Å². The molecule has 2 aliphatic rings. The Hall–Kier alpha value is -2.28. The number of nitrogens with one attached hydrogen (secondary N) is 2. The number of likely N-dealkylation sites (N-methyl/N-ethyl adjacent to an activating group) is 1. The maximum absolute atomic E-state index is 12.6. The smallest absolute Gasteiger partial charge is 0.318 e. The van der Waals surface area contributed by atoms with E-state index in [9.17, 15) is 9.59 Å². The SMILES string of the molecule is COCCNc1ccc(CNC(=O)N2CCC[C@H]3C(=O)N(C)C[C@H]32)cc1. The predicted molar refractivity (Wildman–Crippen MR) is 99.9 cm³/mol. The Morgan fingerprint density at radius 3 is 2.81 bits per heavy atom. The molecular weight excluding hydrogens is 332 g/mol. The number of anilines is 1. The lowest BCUT2D eigenvalue weighted by molar-refractivity contribution is -0.130. The largest absolute Gasteiger partial charge is 0.383 e. The Bertz CT molecular complexity index is 634. The van der Waals surface area contributed by atoms with Crippen molar-refractivity contribution in [1.82, 2.24) is 15.1 Å². The molecular formula is C19H28N4O3. The van der Waals surface area contributed by atoms with Crippen LogP contribution in [0, 0.1) is 5.92 Å². The molecule has 2 atom stereocenters. The van der Waals surface area contributed by atoms with Crippen molar-refractivity contribution >= 4 is 17.6 Å². The number of carbonyl (C=O) groups is 2. The molecule has 2 heterocycles. The first kappa shape index (κ1) is 18.5. The molecule has 2 saturated heterocycles. The number of benzene rings is 1. The number of likely N-dealkylation sites (tertiary alicyclic amines) is 2. The molecule has 26 heavy (non-hydrogen) atoms. The van der Waals surface area contributed by atoms with Crippen molar-refractivity contribution in [3.8, 4) is 0 Å². The first-order valence-electron chi connectivity index (χ1n) is 9.21. The summed E-state index contributed by atoms with van der Waals surface area (Å²) in [5.74, 6) is 0.140. The fourth-order valence-corrected chi connectivity index (χ4v) is 3.79. The van der Waals surface area contributed by atoms with Gasteiger partial charge in [-0.2, -0.15) is 0 Å². The number of methoxy groups -OCH3 is 1. The summed E-state index contributed by atoms with van der Waals surface area (Å²) < 4.78 is 5.01. The fraction of sp³-hybridized carbons (Fsp3) is 0.579.